The van der Waals surface area contributed by atoms with E-state index in [0.29, 0.717) is 28.7 Å². The highest BCUT2D eigenvalue weighted by Gasteiger charge is 2.15. The van der Waals surface area contributed by atoms with E-state index in [0.717, 1.165) is 22.9 Å². The normalized spacial score (nSPS) is 11.5. The number of fused-ring (bicyclic) bond motifs is 3. The van der Waals surface area contributed by atoms with Crippen LogP contribution in [-0.4, -0.2) is 64.5 Å². The maximum atomic E-state index is 12.6. The molecule has 30 heavy (non-hydrogen) atoms. The number of carbonyl (C=O) groups is 1. The Kier molecular flexibility index (Phi) is 5.86. The number of nitrogens with one attached hydrogen (secondary N) is 1. The number of rotatable bonds is 8. The monoisotopic (exact) mass is 426 g/mol. The number of hydrogen-bond donors (Lipinski definition) is 1. The van der Waals surface area contributed by atoms with Gasteiger partial charge < -0.3 is 19.4 Å². The van der Waals surface area contributed by atoms with E-state index in [9.17, 15) is 4.79 Å². The van der Waals surface area contributed by atoms with Crippen molar-refractivity contribution in [1.29, 1.82) is 0 Å². The van der Waals surface area contributed by atoms with E-state index in [-0.39, 0.29) is 11.7 Å². The lowest BCUT2D eigenvalue weighted by molar-refractivity contribution is -0.113. The predicted molar refractivity (Wildman–Crippen MR) is 116 cm³/mol. The fourth-order valence-corrected chi connectivity index (χ4v) is 3.77. The Morgan fingerprint density at radius 1 is 1.23 bits per heavy atom. The maximum absolute atomic E-state index is 12.6. The number of nitrogens with zero attached hydrogens (tertiary/aromatic N) is 5. The molecule has 2 heterocycles. The molecule has 0 fully saturated rings. The standard InChI is InChI=1S/C20H22N6O3S/c1-25(2)8-9-26-20(22-23-24-26)30-12-19(27)21-15-11-17-14(10-18(15)28-3)13-6-4-5-7-16(13)29-17/h4-7,10-11H,8-9,12H2,1-3H3,(H,21,27). The lowest BCUT2D eigenvalue weighted by Crippen LogP contribution is -2.20. The number of para-hydroxylation sites is 1. The van der Waals surface area contributed by atoms with Gasteiger partial charge in [0.25, 0.3) is 0 Å². The van der Waals surface area contributed by atoms with Crippen LogP contribution >= 0.6 is 11.8 Å². The summed E-state index contributed by atoms with van der Waals surface area (Å²) < 4.78 is 13.1. The molecule has 2 aromatic heterocycles. The molecule has 0 aliphatic carbocycles. The second-order valence-corrected chi connectivity index (χ2v) is 7.91. The molecule has 0 bridgehead atoms. The Hall–Kier alpha value is -3.11. The highest BCUT2D eigenvalue weighted by molar-refractivity contribution is 7.99. The van der Waals surface area contributed by atoms with Crippen molar-refractivity contribution in [3.63, 3.8) is 0 Å². The maximum Gasteiger partial charge on any atom is 0.234 e. The van der Waals surface area contributed by atoms with Gasteiger partial charge in [0.1, 0.15) is 16.9 Å². The molecule has 0 unspecified atom stereocenters. The topological polar surface area (TPSA) is 98.3 Å². The Bertz CT molecular complexity index is 1190. The first kappa shape index (κ1) is 20.2. The van der Waals surface area contributed by atoms with Gasteiger partial charge in [-0.15, -0.1) is 5.10 Å². The smallest absolute Gasteiger partial charge is 0.234 e. The second kappa shape index (κ2) is 8.72. The van der Waals surface area contributed by atoms with Crippen molar-refractivity contribution in [2.75, 3.05) is 38.8 Å². The van der Waals surface area contributed by atoms with Crippen LogP contribution in [0.1, 0.15) is 0 Å². The molecular formula is C20H22N6O3S. The summed E-state index contributed by atoms with van der Waals surface area (Å²) in [5.74, 6) is 0.558. The van der Waals surface area contributed by atoms with Crippen LogP contribution < -0.4 is 10.1 Å². The number of likely N-dealkylation sites (N-methyl/N-ethyl adjacent to an activating group) is 1. The summed E-state index contributed by atoms with van der Waals surface area (Å²) in [4.78, 5) is 14.6. The van der Waals surface area contributed by atoms with Crippen LogP contribution in [-0.2, 0) is 11.3 Å². The minimum absolute atomic E-state index is 0.170. The average Bonchev–Trinajstić information content (AvgIpc) is 3.33. The van der Waals surface area contributed by atoms with Gasteiger partial charge in [-0.1, -0.05) is 30.0 Å². The predicted octanol–water partition coefficient (Wildman–Crippen LogP) is 2.87. The molecule has 0 saturated carbocycles. The largest absolute Gasteiger partial charge is 0.495 e. The number of aromatic nitrogens is 4. The Morgan fingerprint density at radius 2 is 2.07 bits per heavy atom. The molecule has 0 atom stereocenters. The van der Waals surface area contributed by atoms with E-state index < -0.39 is 0 Å². The number of hydrogen-bond acceptors (Lipinski definition) is 8. The van der Waals surface area contributed by atoms with Crippen LogP contribution in [0, 0.1) is 0 Å². The van der Waals surface area contributed by atoms with Crippen molar-refractivity contribution >= 4 is 45.3 Å². The van der Waals surface area contributed by atoms with Gasteiger partial charge in [-0.25, -0.2) is 4.68 Å². The lowest BCUT2D eigenvalue weighted by atomic mass is 10.1. The van der Waals surface area contributed by atoms with Crippen LogP contribution in [0.25, 0.3) is 21.9 Å². The zero-order valence-electron chi connectivity index (χ0n) is 17.0. The molecule has 4 rings (SSSR count). The SMILES string of the molecule is COc1cc2c(cc1NC(=O)CSc1nnnn1CCN(C)C)oc1ccccc12. The number of benzene rings is 2. The third-order valence-corrected chi connectivity index (χ3v) is 5.52. The molecule has 1 amide bonds. The molecule has 9 nitrogen and oxygen atoms in total. The second-order valence-electron chi connectivity index (χ2n) is 6.97. The zero-order valence-corrected chi connectivity index (χ0v) is 17.8. The number of methoxy groups -OCH3 is 1. The van der Waals surface area contributed by atoms with Crippen LogP contribution in [0.4, 0.5) is 5.69 Å². The summed E-state index contributed by atoms with van der Waals surface area (Å²) in [7, 11) is 5.54. The van der Waals surface area contributed by atoms with E-state index in [1.165, 1.54) is 11.8 Å². The fraction of sp³-hybridized carbons (Fsp3) is 0.300. The number of anilines is 1. The van der Waals surface area contributed by atoms with Crippen LogP contribution in [0.2, 0.25) is 0 Å². The van der Waals surface area contributed by atoms with Crippen molar-refractivity contribution in [3.8, 4) is 5.75 Å². The molecule has 2 aromatic carbocycles. The van der Waals surface area contributed by atoms with Gasteiger partial charge in [-0.3, -0.25) is 4.79 Å². The van der Waals surface area contributed by atoms with Crippen molar-refractivity contribution in [2.45, 2.75) is 11.7 Å². The fourth-order valence-electron chi connectivity index (χ4n) is 3.07. The summed E-state index contributed by atoms with van der Waals surface area (Å²) in [6.45, 7) is 1.46. The molecule has 10 heteroatoms. The van der Waals surface area contributed by atoms with E-state index in [1.54, 1.807) is 17.9 Å². The summed E-state index contributed by atoms with van der Waals surface area (Å²) >= 11 is 1.29. The Morgan fingerprint density at radius 3 is 2.87 bits per heavy atom. The molecule has 0 spiro atoms. The quantitative estimate of drug-likeness (QED) is 0.430. The molecule has 0 aliphatic rings. The molecule has 0 aliphatic heterocycles. The van der Waals surface area contributed by atoms with Gasteiger partial charge in [0.15, 0.2) is 0 Å². The molecule has 0 saturated heterocycles. The first-order valence-electron chi connectivity index (χ1n) is 9.38. The zero-order chi connectivity index (χ0) is 21.1. The van der Waals surface area contributed by atoms with Gasteiger partial charge in [0.2, 0.25) is 11.1 Å². The third kappa shape index (κ3) is 4.24. The van der Waals surface area contributed by atoms with Crippen molar-refractivity contribution in [3.05, 3.63) is 36.4 Å². The lowest BCUT2D eigenvalue weighted by Gasteiger charge is -2.11. The van der Waals surface area contributed by atoms with Crippen molar-refractivity contribution in [2.24, 2.45) is 0 Å². The summed E-state index contributed by atoms with van der Waals surface area (Å²) in [5, 5.41) is 17.1. The van der Waals surface area contributed by atoms with Crippen LogP contribution in [0.3, 0.4) is 0 Å². The molecule has 0 radical (unpaired) electrons. The van der Waals surface area contributed by atoms with Gasteiger partial charge in [-0.05, 0) is 36.7 Å². The minimum Gasteiger partial charge on any atom is -0.495 e. The molecule has 4 aromatic rings. The first-order valence-corrected chi connectivity index (χ1v) is 10.4. The number of carbonyl (C=O) groups excluding carboxylic acids is 1. The number of furan rings is 1. The third-order valence-electron chi connectivity index (χ3n) is 4.56. The summed E-state index contributed by atoms with van der Waals surface area (Å²) in [6.07, 6.45) is 0. The van der Waals surface area contributed by atoms with Crippen molar-refractivity contribution < 1.29 is 13.9 Å². The van der Waals surface area contributed by atoms with Gasteiger partial charge >= 0.3 is 0 Å². The molecule has 1 N–H and O–H groups in total. The highest BCUT2D eigenvalue weighted by atomic mass is 32.2. The van der Waals surface area contributed by atoms with E-state index in [2.05, 4.69) is 20.8 Å². The van der Waals surface area contributed by atoms with E-state index >= 15 is 0 Å². The summed E-state index contributed by atoms with van der Waals surface area (Å²) in [6, 6.07) is 11.5. The van der Waals surface area contributed by atoms with Gasteiger partial charge in [0.05, 0.1) is 25.1 Å². The minimum atomic E-state index is -0.184. The number of amides is 1. The van der Waals surface area contributed by atoms with E-state index in [4.69, 9.17) is 9.15 Å². The summed E-state index contributed by atoms with van der Waals surface area (Å²) in [5.41, 5.74) is 2.03. The molecular weight excluding hydrogens is 404 g/mol. The number of tetrazole rings is 1. The number of thioether (sulfide) groups is 1. The van der Waals surface area contributed by atoms with Crippen LogP contribution in [0.15, 0.2) is 46.0 Å². The van der Waals surface area contributed by atoms with E-state index in [1.807, 2.05) is 49.3 Å². The van der Waals surface area contributed by atoms with Gasteiger partial charge in [0, 0.05) is 23.4 Å². The Labute approximate surface area is 177 Å². The number of ether oxygens (including phenoxy) is 1. The van der Waals surface area contributed by atoms with Gasteiger partial charge in [-0.2, -0.15) is 0 Å². The average molecular weight is 427 g/mol. The van der Waals surface area contributed by atoms with Crippen LogP contribution in [0.5, 0.6) is 5.75 Å². The highest BCUT2D eigenvalue weighted by Crippen LogP contribution is 2.36. The Balaban J connectivity index is 1.48. The molecule has 156 valence electrons. The van der Waals surface area contributed by atoms with Crippen molar-refractivity contribution in [1.82, 2.24) is 25.1 Å². The first-order chi connectivity index (χ1) is 14.5.